The van der Waals surface area contributed by atoms with E-state index in [4.69, 9.17) is 14.2 Å². The van der Waals surface area contributed by atoms with Crippen molar-refractivity contribution in [3.8, 4) is 17.2 Å². The summed E-state index contributed by atoms with van der Waals surface area (Å²) < 4.78 is 16.3. The normalized spacial score (nSPS) is 15.1. The number of nitrogens with one attached hydrogen (secondary N) is 1. The van der Waals surface area contributed by atoms with E-state index in [1.54, 1.807) is 26.2 Å². The van der Waals surface area contributed by atoms with Gasteiger partial charge in [-0.25, -0.2) is 0 Å². The van der Waals surface area contributed by atoms with Crippen LogP contribution in [-0.2, 0) is 6.54 Å². The molecule has 1 aliphatic rings. The quantitative estimate of drug-likeness (QED) is 0.750. The molecular weight excluding hydrogens is 342 g/mol. The van der Waals surface area contributed by atoms with Crippen molar-refractivity contribution in [2.75, 3.05) is 47.5 Å². The minimum absolute atomic E-state index is 0.684. The van der Waals surface area contributed by atoms with Crippen LogP contribution in [0.4, 0.5) is 0 Å². The minimum atomic E-state index is 0.684. The third kappa shape index (κ3) is 4.92. The number of quaternary nitrogens is 1. The summed E-state index contributed by atoms with van der Waals surface area (Å²) in [6.07, 6.45) is 1.82. The predicted octanol–water partition coefficient (Wildman–Crippen LogP) is 1.45. The van der Waals surface area contributed by atoms with Gasteiger partial charge in [-0.15, -0.1) is 0 Å². The summed E-state index contributed by atoms with van der Waals surface area (Å²) in [7, 11) is 4.90. The Labute approximate surface area is 160 Å². The molecule has 1 aliphatic heterocycles. The Balaban J connectivity index is 1.62. The first-order valence-corrected chi connectivity index (χ1v) is 9.20. The van der Waals surface area contributed by atoms with Gasteiger partial charge in [0, 0.05) is 17.7 Å². The topological polar surface area (TPSA) is 47.7 Å². The Morgan fingerprint density at radius 2 is 1.59 bits per heavy atom. The van der Waals surface area contributed by atoms with Crippen molar-refractivity contribution in [2.24, 2.45) is 5.10 Å². The molecule has 1 heterocycles. The van der Waals surface area contributed by atoms with Crippen LogP contribution in [-0.4, -0.2) is 58.7 Å². The molecule has 2 aromatic carbocycles. The van der Waals surface area contributed by atoms with Gasteiger partial charge < -0.3 is 19.1 Å². The SMILES string of the molecule is COc1cc(OC)c(/C=N\N2CC[NH+](Cc3ccccc3)CC2)c(OC)c1. The Hall–Kier alpha value is -2.73. The summed E-state index contributed by atoms with van der Waals surface area (Å²) in [5, 5.41) is 6.77. The molecule has 0 unspecified atom stereocenters. The summed E-state index contributed by atoms with van der Waals surface area (Å²) in [5.74, 6) is 2.06. The third-order valence-corrected chi connectivity index (χ3v) is 4.85. The summed E-state index contributed by atoms with van der Waals surface area (Å²) >= 11 is 0. The van der Waals surface area contributed by atoms with E-state index in [2.05, 4.69) is 40.4 Å². The van der Waals surface area contributed by atoms with Crippen LogP contribution < -0.4 is 19.1 Å². The van der Waals surface area contributed by atoms with E-state index >= 15 is 0 Å². The first-order chi connectivity index (χ1) is 13.2. The van der Waals surface area contributed by atoms with Crippen molar-refractivity contribution in [1.29, 1.82) is 0 Å². The molecule has 6 nitrogen and oxygen atoms in total. The molecule has 0 atom stereocenters. The Bertz CT molecular complexity index is 732. The molecule has 0 bridgehead atoms. The number of benzene rings is 2. The van der Waals surface area contributed by atoms with E-state index in [9.17, 15) is 0 Å². The van der Waals surface area contributed by atoms with Crippen molar-refractivity contribution in [3.63, 3.8) is 0 Å². The molecule has 2 aromatic rings. The van der Waals surface area contributed by atoms with Crippen LogP contribution in [0.1, 0.15) is 11.1 Å². The van der Waals surface area contributed by atoms with Crippen LogP contribution in [0.2, 0.25) is 0 Å². The number of rotatable bonds is 7. The van der Waals surface area contributed by atoms with Crippen molar-refractivity contribution < 1.29 is 19.1 Å². The molecule has 3 rings (SSSR count). The van der Waals surface area contributed by atoms with Gasteiger partial charge in [-0.05, 0) is 0 Å². The molecule has 0 radical (unpaired) electrons. The van der Waals surface area contributed by atoms with Gasteiger partial charge in [-0.3, -0.25) is 5.01 Å². The average molecular weight is 370 g/mol. The zero-order chi connectivity index (χ0) is 19.1. The lowest BCUT2D eigenvalue weighted by Gasteiger charge is -2.30. The fourth-order valence-electron chi connectivity index (χ4n) is 3.29. The maximum absolute atomic E-state index is 5.48. The van der Waals surface area contributed by atoms with Crippen LogP contribution in [0.5, 0.6) is 17.2 Å². The fraction of sp³-hybridized carbons (Fsp3) is 0.381. The highest BCUT2D eigenvalue weighted by molar-refractivity contribution is 5.88. The molecule has 0 amide bonds. The lowest BCUT2D eigenvalue weighted by Crippen LogP contribution is -3.13. The van der Waals surface area contributed by atoms with Gasteiger partial charge in [-0.1, -0.05) is 30.3 Å². The highest BCUT2D eigenvalue weighted by atomic mass is 16.5. The van der Waals surface area contributed by atoms with Crippen LogP contribution >= 0.6 is 0 Å². The number of hydrogen-bond donors (Lipinski definition) is 1. The summed E-state index contributed by atoms with van der Waals surface area (Å²) in [4.78, 5) is 1.59. The Morgan fingerprint density at radius 3 is 2.15 bits per heavy atom. The molecule has 0 aromatic heterocycles. The predicted molar refractivity (Wildman–Crippen MR) is 106 cm³/mol. The van der Waals surface area contributed by atoms with E-state index in [1.807, 2.05) is 18.3 Å². The summed E-state index contributed by atoms with van der Waals surface area (Å²) in [5.41, 5.74) is 2.21. The third-order valence-electron chi connectivity index (χ3n) is 4.85. The second kappa shape index (κ2) is 9.28. The fourth-order valence-corrected chi connectivity index (χ4v) is 3.29. The van der Waals surface area contributed by atoms with E-state index in [0.717, 1.165) is 38.3 Å². The lowest BCUT2D eigenvalue weighted by atomic mass is 10.2. The van der Waals surface area contributed by atoms with Gasteiger partial charge >= 0.3 is 0 Å². The zero-order valence-corrected chi connectivity index (χ0v) is 16.3. The molecule has 0 aliphatic carbocycles. The highest BCUT2D eigenvalue weighted by Gasteiger charge is 2.19. The van der Waals surface area contributed by atoms with Crippen molar-refractivity contribution in [2.45, 2.75) is 6.54 Å². The van der Waals surface area contributed by atoms with Gasteiger partial charge in [-0.2, -0.15) is 5.10 Å². The first-order valence-electron chi connectivity index (χ1n) is 9.20. The second-order valence-electron chi connectivity index (χ2n) is 6.56. The molecule has 1 N–H and O–H groups in total. The van der Waals surface area contributed by atoms with Gasteiger partial charge in [0.15, 0.2) is 0 Å². The van der Waals surface area contributed by atoms with Crippen LogP contribution in [0.25, 0.3) is 0 Å². The minimum Gasteiger partial charge on any atom is -0.496 e. The van der Waals surface area contributed by atoms with Gasteiger partial charge in [0.05, 0.1) is 59.3 Å². The number of piperazine rings is 1. The molecule has 6 heteroatoms. The first kappa shape index (κ1) is 19.0. The highest BCUT2D eigenvalue weighted by Crippen LogP contribution is 2.32. The van der Waals surface area contributed by atoms with Crippen LogP contribution in [0.15, 0.2) is 47.6 Å². The summed E-state index contributed by atoms with van der Waals surface area (Å²) in [6.45, 7) is 5.07. The zero-order valence-electron chi connectivity index (χ0n) is 16.3. The molecule has 1 saturated heterocycles. The number of methoxy groups -OCH3 is 3. The van der Waals surface area contributed by atoms with Gasteiger partial charge in [0.2, 0.25) is 0 Å². The van der Waals surface area contributed by atoms with E-state index in [0.29, 0.717) is 17.2 Å². The van der Waals surface area contributed by atoms with Crippen LogP contribution in [0, 0.1) is 0 Å². The molecule has 144 valence electrons. The second-order valence-corrected chi connectivity index (χ2v) is 6.56. The van der Waals surface area contributed by atoms with Crippen LogP contribution in [0.3, 0.4) is 0 Å². The molecule has 1 fully saturated rings. The smallest absolute Gasteiger partial charge is 0.135 e. The molecule has 0 saturated carbocycles. The van der Waals surface area contributed by atoms with Crippen molar-refractivity contribution in [1.82, 2.24) is 5.01 Å². The van der Waals surface area contributed by atoms with E-state index in [-0.39, 0.29) is 0 Å². The lowest BCUT2D eigenvalue weighted by molar-refractivity contribution is -0.918. The average Bonchev–Trinajstić information content (AvgIpc) is 2.73. The Morgan fingerprint density at radius 1 is 0.963 bits per heavy atom. The number of nitrogens with zero attached hydrogens (tertiary/aromatic N) is 2. The maximum Gasteiger partial charge on any atom is 0.135 e. The van der Waals surface area contributed by atoms with Crippen molar-refractivity contribution in [3.05, 3.63) is 53.6 Å². The summed E-state index contributed by atoms with van der Waals surface area (Å²) in [6, 6.07) is 14.3. The molecule has 0 spiro atoms. The largest absolute Gasteiger partial charge is 0.496 e. The van der Waals surface area contributed by atoms with Crippen molar-refractivity contribution >= 4 is 6.21 Å². The van der Waals surface area contributed by atoms with Gasteiger partial charge in [0.25, 0.3) is 0 Å². The Kier molecular flexibility index (Phi) is 6.54. The van der Waals surface area contributed by atoms with E-state index < -0.39 is 0 Å². The maximum atomic E-state index is 5.48. The van der Waals surface area contributed by atoms with E-state index in [1.165, 1.54) is 5.56 Å². The number of hydrazone groups is 1. The molecule has 27 heavy (non-hydrogen) atoms. The standard InChI is InChI=1S/C21H27N3O3/c1-25-18-13-20(26-2)19(21(14-18)27-3)15-22-24-11-9-23(10-12-24)16-17-7-5-4-6-8-17/h4-8,13-15H,9-12,16H2,1-3H3/p+1/b22-15-. The number of ether oxygens (including phenoxy) is 3. The molecular formula is C21H28N3O3+. The monoisotopic (exact) mass is 370 g/mol. The number of hydrogen-bond acceptors (Lipinski definition) is 5. The van der Waals surface area contributed by atoms with Gasteiger partial charge in [0.1, 0.15) is 23.8 Å².